The molecule has 5 heteroatoms. The summed E-state index contributed by atoms with van der Waals surface area (Å²) in [6.07, 6.45) is 2.66. The molecule has 2 saturated heterocycles. The third kappa shape index (κ3) is 5.04. The van der Waals surface area contributed by atoms with Crippen molar-refractivity contribution in [2.45, 2.75) is 25.8 Å². The van der Waals surface area contributed by atoms with E-state index in [1.807, 2.05) is 40.1 Å². The summed E-state index contributed by atoms with van der Waals surface area (Å²) in [6.45, 7) is 5.92. The SMILES string of the molecule is O=C1CCCN1Cc1ccc(C(=O)N2CCN(CCc3ccccc3)CC2)cc1. The fraction of sp³-hybridized carbons (Fsp3) is 0.417. The molecular weight excluding hydrogens is 362 g/mol. The molecule has 2 amide bonds. The third-order valence-corrected chi connectivity index (χ3v) is 5.96. The highest BCUT2D eigenvalue weighted by Crippen LogP contribution is 2.16. The van der Waals surface area contributed by atoms with E-state index in [1.165, 1.54) is 5.56 Å². The zero-order chi connectivity index (χ0) is 20.1. The number of hydrogen-bond donors (Lipinski definition) is 0. The number of carbonyl (C=O) groups is 2. The standard InChI is InChI=1S/C24H29N3O2/c28-23-7-4-13-27(23)19-21-8-10-22(11-9-21)24(29)26-17-15-25(16-18-26)14-12-20-5-2-1-3-6-20/h1-3,5-6,8-11H,4,7,12-19H2. The second-order valence-corrected chi connectivity index (χ2v) is 7.99. The van der Waals surface area contributed by atoms with Gasteiger partial charge < -0.3 is 9.80 Å². The van der Waals surface area contributed by atoms with Crippen molar-refractivity contribution in [3.63, 3.8) is 0 Å². The van der Waals surface area contributed by atoms with Crippen molar-refractivity contribution in [2.24, 2.45) is 0 Å². The Hall–Kier alpha value is -2.66. The number of piperazine rings is 1. The van der Waals surface area contributed by atoms with Crippen LogP contribution in [0.1, 0.15) is 34.3 Å². The number of likely N-dealkylation sites (tertiary alicyclic amines) is 1. The van der Waals surface area contributed by atoms with E-state index in [0.717, 1.165) is 63.2 Å². The molecule has 2 aliphatic rings. The molecule has 0 bridgehead atoms. The van der Waals surface area contributed by atoms with Gasteiger partial charge in [0.15, 0.2) is 0 Å². The lowest BCUT2D eigenvalue weighted by Crippen LogP contribution is -2.49. The van der Waals surface area contributed by atoms with Crippen molar-refractivity contribution >= 4 is 11.8 Å². The second kappa shape index (κ2) is 9.23. The Morgan fingerprint density at radius 3 is 2.21 bits per heavy atom. The van der Waals surface area contributed by atoms with Gasteiger partial charge in [-0.3, -0.25) is 14.5 Å². The second-order valence-electron chi connectivity index (χ2n) is 7.99. The smallest absolute Gasteiger partial charge is 0.253 e. The molecule has 0 saturated carbocycles. The summed E-state index contributed by atoms with van der Waals surface area (Å²) in [4.78, 5) is 30.9. The van der Waals surface area contributed by atoms with Crippen LogP contribution < -0.4 is 0 Å². The number of amides is 2. The monoisotopic (exact) mass is 391 g/mol. The molecule has 2 heterocycles. The Balaban J connectivity index is 1.25. The maximum atomic E-state index is 12.8. The van der Waals surface area contributed by atoms with E-state index in [2.05, 4.69) is 29.2 Å². The average molecular weight is 392 g/mol. The van der Waals surface area contributed by atoms with Gasteiger partial charge in [0.1, 0.15) is 0 Å². The first-order valence-electron chi connectivity index (χ1n) is 10.6. The van der Waals surface area contributed by atoms with Crippen LogP contribution in [0.2, 0.25) is 0 Å². The molecule has 0 N–H and O–H groups in total. The molecular formula is C24H29N3O2. The molecule has 5 nitrogen and oxygen atoms in total. The van der Waals surface area contributed by atoms with Crippen LogP contribution >= 0.6 is 0 Å². The van der Waals surface area contributed by atoms with Gasteiger partial charge >= 0.3 is 0 Å². The minimum Gasteiger partial charge on any atom is -0.338 e. The summed E-state index contributed by atoms with van der Waals surface area (Å²) >= 11 is 0. The maximum Gasteiger partial charge on any atom is 0.253 e. The summed E-state index contributed by atoms with van der Waals surface area (Å²) in [5, 5.41) is 0. The molecule has 29 heavy (non-hydrogen) atoms. The van der Waals surface area contributed by atoms with Crippen LogP contribution in [0.15, 0.2) is 54.6 Å². The van der Waals surface area contributed by atoms with Gasteiger partial charge in [0.05, 0.1) is 0 Å². The van der Waals surface area contributed by atoms with Crippen molar-refractivity contribution in [1.82, 2.24) is 14.7 Å². The lowest BCUT2D eigenvalue weighted by atomic mass is 10.1. The zero-order valence-corrected chi connectivity index (χ0v) is 16.9. The van der Waals surface area contributed by atoms with E-state index in [4.69, 9.17) is 0 Å². The summed E-state index contributed by atoms with van der Waals surface area (Å²) in [7, 11) is 0. The van der Waals surface area contributed by atoms with E-state index < -0.39 is 0 Å². The van der Waals surface area contributed by atoms with E-state index in [0.29, 0.717) is 13.0 Å². The Kier molecular flexibility index (Phi) is 6.25. The van der Waals surface area contributed by atoms with Crippen LogP contribution in [0.5, 0.6) is 0 Å². The number of nitrogens with zero attached hydrogens (tertiary/aromatic N) is 3. The van der Waals surface area contributed by atoms with Crippen LogP contribution in [0.3, 0.4) is 0 Å². The van der Waals surface area contributed by atoms with Gasteiger partial charge in [-0.2, -0.15) is 0 Å². The Morgan fingerprint density at radius 1 is 0.828 bits per heavy atom. The number of benzene rings is 2. The molecule has 152 valence electrons. The van der Waals surface area contributed by atoms with Crippen molar-refractivity contribution in [2.75, 3.05) is 39.3 Å². The first kappa shape index (κ1) is 19.6. The highest BCUT2D eigenvalue weighted by Gasteiger charge is 2.23. The van der Waals surface area contributed by atoms with Gasteiger partial charge in [0.2, 0.25) is 5.91 Å². The fourth-order valence-electron chi connectivity index (χ4n) is 4.13. The minimum atomic E-state index is 0.108. The molecule has 0 spiro atoms. The summed E-state index contributed by atoms with van der Waals surface area (Å²) in [6, 6.07) is 18.3. The lowest BCUT2D eigenvalue weighted by molar-refractivity contribution is -0.128. The largest absolute Gasteiger partial charge is 0.338 e. The topological polar surface area (TPSA) is 43.9 Å². The van der Waals surface area contributed by atoms with E-state index >= 15 is 0 Å². The van der Waals surface area contributed by atoms with Gasteiger partial charge in [-0.1, -0.05) is 42.5 Å². The molecule has 2 fully saturated rings. The molecule has 2 aromatic carbocycles. The molecule has 2 aromatic rings. The minimum absolute atomic E-state index is 0.108. The molecule has 0 aliphatic carbocycles. The quantitative estimate of drug-likeness (QED) is 0.761. The van der Waals surface area contributed by atoms with Crippen LogP contribution in [0.4, 0.5) is 0 Å². The number of hydrogen-bond acceptors (Lipinski definition) is 3. The number of carbonyl (C=O) groups excluding carboxylic acids is 2. The fourth-order valence-corrected chi connectivity index (χ4v) is 4.13. The van der Waals surface area contributed by atoms with Crippen molar-refractivity contribution in [3.05, 3.63) is 71.3 Å². The normalized spacial score (nSPS) is 17.7. The van der Waals surface area contributed by atoms with E-state index in [9.17, 15) is 9.59 Å². The highest BCUT2D eigenvalue weighted by atomic mass is 16.2. The Morgan fingerprint density at radius 2 is 1.55 bits per heavy atom. The first-order chi connectivity index (χ1) is 14.2. The molecule has 0 unspecified atom stereocenters. The van der Waals surface area contributed by atoms with Crippen LogP contribution in [-0.2, 0) is 17.8 Å². The average Bonchev–Trinajstić information content (AvgIpc) is 3.18. The van der Waals surface area contributed by atoms with Crippen molar-refractivity contribution < 1.29 is 9.59 Å². The van der Waals surface area contributed by atoms with Gasteiger partial charge in [0.25, 0.3) is 5.91 Å². The van der Waals surface area contributed by atoms with Gasteiger partial charge in [-0.05, 0) is 36.1 Å². The summed E-state index contributed by atoms with van der Waals surface area (Å²) < 4.78 is 0. The lowest BCUT2D eigenvalue weighted by Gasteiger charge is -2.34. The maximum absolute atomic E-state index is 12.8. The molecule has 0 atom stereocenters. The third-order valence-electron chi connectivity index (χ3n) is 5.96. The zero-order valence-electron chi connectivity index (χ0n) is 16.9. The van der Waals surface area contributed by atoms with Gasteiger partial charge in [-0.15, -0.1) is 0 Å². The Labute approximate surface area is 172 Å². The van der Waals surface area contributed by atoms with Gasteiger partial charge in [0, 0.05) is 57.8 Å². The van der Waals surface area contributed by atoms with Gasteiger partial charge in [-0.25, -0.2) is 0 Å². The highest BCUT2D eigenvalue weighted by molar-refractivity contribution is 5.94. The summed E-state index contributed by atoms with van der Waals surface area (Å²) in [5.41, 5.74) is 3.18. The first-order valence-corrected chi connectivity index (χ1v) is 10.6. The predicted octanol–water partition coefficient (Wildman–Crippen LogP) is 2.81. The van der Waals surface area contributed by atoms with E-state index in [-0.39, 0.29) is 11.8 Å². The molecule has 0 radical (unpaired) electrons. The Bertz CT molecular complexity index is 827. The van der Waals surface area contributed by atoms with Crippen LogP contribution in [0.25, 0.3) is 0 Å². The predicted molar refractivity (Wildman–Crippen MR) is 114 cm³/mol. The summed E-state index contributed by atoms with van der Waals surface area (Å²) in [5.74, 6) is 0.340. The van der Waals surface area contributed by atoms with Crippen LogP contribution in [-0.4, -0.2) is 65.8 Å². The van der Waals surface area contributed by atoms with Crippen molar-refractivity contribution in [1.29, 1.82) is 0 Å². The molecule has 4 rings (SSSR count). The van der Waals surface area contributed by atoms with E-state index in [1.54, 1.807) is 0 Å². The number of rotatable bonds is 6. The van der Waals surface area contributed by atoms with Crippen LogP contribution in [0, 0.1) is 0 Å². The van der Waals surface area contributed by atoms with Crippen molar-refractivity contribution in [3.8, 4) is 0 Å². The molecule has 2 aliphatic heterocycles. The molecule has 0 aromatic heterocycles.